The summed E-state index contributed by atoms with van der Waals surface area (Å²) in [6, 6.07) is 47.8. The summed E-state index contributed by atoms with van der Waals surface area (Å²) >= 11 is 0. The molecule has 2 unspecified atom stereocenters. The molecule has 232 valence electrons. The first-order valence-corrected chi connectivity index (χ1v) is 17.0. The molecule has 5 aromatic rings. The Bertz CT molecular complexity index is 2290. The van der Waals surface area contributed by atoms with Crippen molar-refractivity contribution in [3.8, 4) is 0 Å². The Morgan fingerprint density at radius 1 is 0.479 bits per heavy atom. The highest BCUT2D eigenvalue weighted by Crippen LogP contribution is 2.39. The summed E-state index contributed by atoms with van der Waals surface area (Å²) in [4.78, 5) is 14.8. The number of nitrogens with one attached hydrogen (secondary N) is 2. The smallest absolute Gasteiger partial charge is 0.0737 e. The maximum atomic E-state index is 5.52. The van der Waals surface area contributed by atoms with E-state index in [0.29, 0.717) is 0 Å². The van der Waals surface area contributed by atoms with Gasteiger partial charge in [0.15, 0.2) is 0 Å². The zero-order chi connectivity index (χ0) is 31.9. The molecule has 1 saturated heterocycles. The summed E-state index contributed by atoms with van der Waals surface area (Å²) < 4.78 is 0. The second kappa shape index (κ2) is 12.2. The van der Waals surface area contributed by atoms with Crippen LogP contribution in [0.15, 0.2) is 167 Å². The first-order chi connectivity index (χ1) is 23.8. The first-order valence-electron chi connectivity index (χ1n) is 17.0. The lowest BCUT2D eigenvalue weighted by molar-refractivity contribution is 0.685. The quantitative estimate of drug-likeness (QED) is 0.214. The van der Waals surface area contributed by atoms with E-state index < -0.39 is 0 Å². The molecule has 4 heteroatoms. The van der Waals surface area contributed by atoms with Crippen molar-refractivity contribution < 1.29 is 0 Å². The van der Waals surface area contributed by atoms with Crippen molar-refractivity contribution in [2.24, 2.45) is 9.98 Å². The minimum absolute atomic E-state index is 0.154. The van der Waals surface area contributed by atoms with Crippen molar-refractivity contribution in [3.63, 3.8) is 0 Å². The second-order valence-corrected chi connectivity index (χ2v) is 12.9. The number of aromatic amines is 1. The van der Waals surface area contributed by atoms with Gasteiger partial charge in [-0.1, -0.05) is 121 Å². The number of rotatable bonds is 4. The molecule has 1 aromatic heterocycles. The van der Waals surface area contributed by atoms with E-state index in [1.807, 2.05) is 0 Å². The van der Waals surface area contributed by atoms with Gasteiger partial charge in [0, 0.05) is 45.2 Å². The lowest BCUT2D eigenvalue weighted by atomic mass is 9.93. The molecule has 0 aliphatic carbocycles. The number of aromatic nitrogens is 1. The zero-order valence-electron chi connectivity index (χ0n) is 26.7. The topological polar surface area (TPSA) is 52.5 Å². The van der Waals surface area contributed by atoms with E-state index in [0.717, 1.165) is 70.2 Å². The van der Waals surface area contributed by atoms with E-state index in [4.69, 9.17) is 9.98 Å². The van der Waals surface area contributed by atoms with Crippen LogP contribution in [0.3, 0.4) is 0 Å². The van der Waals surface area contributed by atoms with Crippen LogP contribution in [-0.4, -0.2) is 28.5 Å². The molecule has 1 fully saturated rings. The monoisotopic (exact) mass is 620 g/mol. The average molecular weight is 621 g/mol. The van der Waals surface area contributed by atoms with Crippen LogP contribution in [-0.2, 0) is 0 Å². The molecule has 4 nitrogen and oxygen atoms in total. The van der Waals surface area contributed by atoms with Crippen molar-refractivity contribution in [1.29, 1.82) is 0 Å². The van der Waals surface area contributed by atoms with Gasteiger partial charge in [-0.3, -0.25) is 4.99 Å². The third-order valence-electron chi connectivity index (χ3n) is 10.0. The van der Waals surface area contributed by atoms with E-state index >= 15 is 0 Å². The van der Waals surface area contributed by atoms with Gasteiger partial charge in [-0.2, -0.15) is 0 Å². The number of aliphatic imine (C=N–C) groups is 2. The number of H-pyrrole nitrogens is 1. The molecule has 2 atom stereocenters. The van der Waals surface area contributed by atoms with Crippen molar-refractivity contribution in [1.82, 2.24) is 10.3 Å². The normalized spacial score (nSPS) is 20.4. The van der Waals surface area contributed by atoms with Gasteiger partial charge in [-0.05, 0) is 77.8 Å². The highest BCUT2D eigenvalue weighted by molar-refractivity contribution is 6.30. The lowest BCUT2D eigenvalue weighted by Crippen LogP contribution is -2.32. The standard InChI is InChI=1S/C44H36N4/c1-5-13-29(14-6-1)41-33-21-23-35(45-33)42(30-15-7-2-8-16-30)37-25-27-39(47-37)44(32-19-11-4-12-20-32)40-28-26-38(48-40)43(31-17-9-3-10-18-31)36-24-22-34(41)46-36/h1-24,37,39,46-47H,25-28H2. The molecule has 0 radical (unpaired) electrons. The Hall–Kier alpha value is -5.58. The Morgan fingerprint density at radius 2 is 1.00 bits per heavy atom. The fourth-order valence-corrected chi connectivity index (χ4v) is 7.88. The van der Waals surface area contributed by atoms with E-state index in [-0.39, 0.29) is 12.1 Å². The summed E-state index contributed by atoms with van der Waals surface area (Å²) in [6.45, 7) is 0. The van der Waals surface area contributed by atoms with Crippen LogP contribution in [0.4, 0.5) is 0 Å². The Morgan fingerprint density at radius 3 is 1.62 bits per heavy atom. The van der Waals surface area contributed by atoms with Crippen LogP contribution in [0.1, 0.15) is 47.9 Å². The molecule has 48 heavy (non-hydrogen) atoms. The minimum Gasteiger partial charge on any atom is -0.354 e. The third kappa shape index (κ3) is 5.15. The number of fused-ring (bicyclic) bond motifs is 6. The number of nitrogens with zero attached hydrogens (tertiary/aromatic N) is 2. The SMILES string of the molecule is C1=CC2=C(c3ccccc3)C3CCC(N3)C(c3ccccc3)=C3CCC(=N3)C(c3ccccc3)=c3ccc([nH]3)=C(c3ccccc3)C1=N2. The van der Waals surface area contributed by atoms with E-state index in [1.54, 1.807) is 0 Å². The van der Waals surface area contributed by atoms with Crippen molar-refractivity contribution in [2.45, 2.75) is 37.8 Å². The molecular weight excluding hydrogens is 585 g/mol. The van der Waals surface area contributed by atoms with Crippen LogP contribution in [0.25, 0.3) is 22.3 Å². The van der Waals surface area contributed by atoms with Crippen molar-refractivity contribution in [3.05, 3.63) is 190 Å². The summed E-state index contributed by atoms with van der Waals surface area (Å²) in [7, 11) is 0. The van der Waals surface area contributed by atoms with Gasteiger partial charge in [0.2, 0.25) is 0 Å². The van der Waals surface area contributed by atoms with Gasteiger partial charge >= 0.3 is 0 Å². The third-order valence-corrected chi connectivity index (χ3v) is 10.0. The summed E-state index contributed by atoms with van der Waals surface area (Å²) in [5.74, 6) is 0. The van der Waals surface area contributed by atoms with E-state index in [9.17, 15) is 0 Å². The number of benzene rings is 4. The van der Waals surface area contributed by atoms with Crippen LogP contribution in [0.2, 0.25) is 0 Å². The number of allylic oxidation sites excluding steroid dienone is 3. The Kier molecular flexibility index (Phi) is 7.29. The molecule has 0 spiro atoms. The molecule has 0 saturated carbocycles. The number of hydrogen-bond donors (Lipinski definition) is 2. The predicted molar refractivity (Wildman–Crippen MR) is 198 cm³/mol. The fourth-order valence-electron chi connectivity index (χ4n) is 7.88. The van der Waals surface area contributed by atoms with Crippen LogP contribution < -0.4 is 16.0 Å². The van der Waals surface area contributed by atoms with E-state index in [1.165, 1.54) is 33.5 Å². The molecule has 4 aromatic carbocycles. The summed E-state index contributed by atoms with van der Waals surface area (Å²) in [5, 5.41) is 6.23. The van der Waals surface area contributed by atoms with Crippen LogP contribution in [0, 0.1) is 0 Å². The predicted octanol–water partition coefficient (Wildman–Crippen LogP) is 7.62. The zero-order valence-corrected chi connectivity index (χ0v) is 26.7. The highest BCUT2D eigenvalue weighted by atomic mass is 15.0. The van der Waals surface area contributed by atoms with Crippen LogP contribution in [0.5, 0.6) is 0 Å². The summed E-state index contributed by atoms with van der Waals surface area (Å²) in [5.41, 5.74) is 13.9. The van der Waals surface area contributed by atoms with Crippen molar-refractivity contribution >= 4 is 33.7 Å². The molecule has 4 aliphatic rings. The fraction of sp³-hybridized carbons (Fsp3) is 0.136. The van der Waals surface area contributed by atoms with Gasteiger partial charge in [-0.15, -0.1) is 0 Å². The molecule has 8 bridgehead atoms. The summed E-state index contributed by atoms with van der Waals surface area (Å²) in [6.07, 6.45) is 8.26. The highest BCUT2D eigenvalue weighted by Gasteiger charge is 2.34. The molecule has 5 heterocycles. The molecular formula is C44H36N4. The van der Waals surface area contributed by atoms with Gasteiger partial charge in [0.05, 0.1) is 17.1 Å². The van der Waals surface area contributed by atoms with E-state index in [2.05, 4.69) is 156 Å². The van der Waals surface area contributed by atoms with Crippen LogP contribution >= 0.6 is 0 Å². The minimum atomic E-state index is 0.154. The van der Waals surface area contributed by atoms with Gasteiger partial charge in [0.25, 0.3) is 0 Å². The maximum absolute atomic E-state index is 5.52. The largest absolute Gasteiger partial charge is 0.354 e. The molecule has 9 rings (SSSR count). The second-order valence-electron chi connectivity index (χ2n) is 12.9. The van der Waals surface area contributed by atoms with Gasteiger partial charge in [-0.25, -0.2) is 4.99 Å². The Balaban J connectivity index is 1.37. The van der Waals surface area contributed by atoms with Crippen molar-refractivity contribution in [2.75, 3.05) is 0 Å². The van der Waals surface area contributed by atoms with Gasteiger partial charge in [0.1, 0.15) is 0 Å². The Labute approximate surface area is 281 Å². The average Bonchev–Trinajstić information content (AvgIpc) is 3.98. The number of hydrogen-bond acceptors (Lipinski definition) is 3. The lowest BCUT2D eigenvalue weighted by Gasteiger charge is -2.22. The first kappa shape index (κ1) is 28.6. The maximum Gasteiger partial charge on any atom is 0.0737 e. The molecule has 0 amide bonds. The molecule has 2 N–H and O–H groups in total. The van der Waals surface area contributed by atoms with Gasteiger partial charge < -0.3 is 10.3 Å². The molecule has 4 aliphatic heterocycles.